The van der Waals surface area contributed by atoms with E-state index < -0.39 is 6.10 Å². The number of aryl methyl sites for hydroxylation is 1. The molecule has 2 aromatic carbocycles. The molecule has 0 aliphatic carbocycles. The molecular formula is C18H23NO3. The fourth-order valence-electron chi connectivity index (χ4n) is 2.11. The standard InChI is InChI=1S/C18H23NO3/c20-14-17(21)13-19-16-9-4-10-18(12-16)22-11-5-8-15-6-2-1-3-7-15/h1-4,6-7,9-10,12,17,19-21H,5,8,11,13-14H2. The van der Waals surface area contributed by atoms with Crippen molar-refractivity contribution < 1.29 is 14.9 Å². The molecule has 22 heavy (non-hydrogen) atoms. The number of hydrogen-bond donors (Lipinski definition) is 3. The van der Waals surface area contributed by atoms with Gasteiger partial charge in [-0.05, 0) is 30.5 Å². The molecule has 118 valence electrons. The number of aliphatic hydroxyl groups excluding tert-OH is 2. The van der Waals surface area contributed by atoms with E-state index >= 15 is 0 Å². The quantitative estimate of drug-likeness (QED) is 0.623. The number of nitrogens with one attached hydrogen (secondary N) is 1. The Labute approximate surface area is 131 Å². The third kappa shape index (κ3) is 5.76. The Kier molecular flexibility index (Phi) is 6.74. The molecule has 1 atom stereocenters. The maximum Gasteiger partial charge on any atom is 0.121 e. The van der Waals surface area contributed by atoms with Crippen molar-refractivity contribution in [1.29, 1.82) is 0 Å². The van der Waals surface area contributed by atoms with Crippen LogP contribution in [0.15, 0.2) is 54.6 Å². The largest absolute Gasteiger partial charge is 0.494 e. The second kappa shape index (κ2) is 9.07. The van der Waals surface area contributed by atoms with Crippen LogP contribution in [0.25, 0.3) is 0 Å². The van der Waals surface area contributed by atoms with Gasteiger partial charge in [0.1, 0.15) is 5.75 Å². The minimum Gasteiger partial charge on any atom is -0.494 e. The normalized spacial score (nSPS) is 11.9. The Bertz CT molecular complexity index is 545. The van der Waals surface area contributed by atoms with Crippen LogP contribution >= 0.6 is 0 Å². The Morgan fingerprint density at radius 1 is 1.05 bits per heavy atom. The van der Waals surface area contributed by atoms with Crippen LogP contribution < -0.4 is 10.1 Å². The lowest BCUT2D eigenvalue weighted by atomic mass is 10.1. The molecule has 0 radical (unpaired) electrons. The lowest BCUT2D eigenvalue weighted by Crippen LogP contribution is -2.22. The fraction of sp³-hybridized carbons (Fsp3) is 0.333. The summed E-state index contributed by atoms with van der Waals surface area (Å²) < 4.78 is 5.75. The highest BCUT2D eigenvalue weighted by atomic mass is 16.5. The number of rotatable bonds is 9. The predicted molar refractivity (Wildman–Crippen MR) is 88.3 cm³/mol. The van der Waals surface area contributed by atoms with Gasteiger partial charge in [-0.15, -0.1) is 0 Å². The average Bonchev–Trinajstić information content (AvgIpc) is 2.58. The summed E-state index contributed by atoms with van der Waals surface area (Å²) >= 11 is 0. The van der Waals surface area contributed by atoms with Gasteiger partial charge in [-0.1, -0.05) is 36.4 Å². The van der Waals surface area contributed by atoms with E-state index in [0.29, 0.717) is 13.2 Å². The molecule has 0 bridgehead atoms. The maximum atomic E-state index is 9.33. The highest BCUT2D eigenvalue weighted by Crippen LogP contribution is 2.17. The topological polar surface area (TPSA) is 61.7 Å². The van der Waals surface area contributed by atoms with Gasteiger partial charge >= 0.3 is 0 Å². The molecule has 0 heterocycles. The van der Waals surface area contributed by atoms with Crippen LogP contribution in [-0.2, 0) is 6.42 Å². The van der Waals surface area contributed by atoms with Gasteiger partial charge in [-0.25, -0.2) is 0 Å². The third-order valence-electron chi connectivity index (χ3n) is 3.31. The fourth-order valence-corrected chi connectivity index (χ4v) is 2.11. The molecule has 2 rings (SSSR count). The molecule has 0 spiro atoms. The van der Waals surface area contributed by atoms with Crippen LogP contribution in [0.1, 0.15) is 12.0 Å². The van der Waals surface area contributed by atoms with Crippen LogP contribution in [0, 0.1) is 0 Å². The average molecular weight is 301 g/mol. The van der Waals surface area contributed by atoms with Gasteiger partial charge in [0.05, 0.1) is 19.3 Å². The molecule has 0 aliphatic heterocycles. The van der Waals surface area contributed by atoms with Crippen LogP contribution in [0.2, 0.25) is 0 Å². The van der Waals surface area contributed by atoms with Gasteiger partial charge in [0.25, 0.3) is 0 Å². The molecule has 4 heteroatoms. The smallest absolute Gasteiger partial charge is 0.121 e. The van der Waals surface area contributed by atoms with E-state index in [4.69, 9.17) is 9.84 Å². The summed E-state index contributed by atoms with van der Waals surface area (Å²) in [5.41, 5.74) is 2.19. The number of hydrogen-bond acceptors (Lipinski definition) is 4. The Hall–Kier alpha value is -2.04. The SMILES string of the molecule is OCC(O)CNc1cccc(OCCCc2ccccc2)c1. The second-order valence-corrected chi connectivity index (χ2v) is 5.18. The lowest BCUT2D eigenvalue weighted by Gasteiger charge is -2.12. The van der Waals surface area contributed by atoms with Gasteiger partial charge < -0.3 is 20.3 Å². The van der Waals surface area contributed by atoms with Crippen molar-refractivity contribution in [1.82, 2.24) is 0 Å². The minimum atomic E-state index is -0.754. The van der Waals surface area contributed by atoms with E-state index in [1.54, 1.807) is 0 Å². The van der Waals surface area contributed by atoms with Gasteiger partial charge in [-0.3, -0.25) is 0 Å². The van der Waals surface area contributed by atoms with Crippen LogP contribution in [-0.4, -0.2) is 36.1 Å². The molecular weight excluding hydrogens is 278 g/mol. The van der Waals surface area contributed by atoms with Crippen LogP contribution in [0.4, 0.5) is 5.69 Å². The summed E-state index contributed by atoms with van der Waals surface area (Å²) in [5.74, 6) is 0.802. The Morgan fingerprint density at radius 2 is 1.86 bits per heavy atom. The first-order chi connectivity index (χ1) is 10.8. The summed E-state index contributed by atoms with van der Waals surface area (Å²) in [4.78, 5) is 0. The van der Waals surface area contributed by atoms with Gasteiger partial charge in [0.2, 0.25) is 0 Å². The van der Waals surface area contributed by atoms with Crippen molar-refractivity contribution >= 4 is 5.69 Å². The van der Waals surface area contributed by atoms with Crippen molar-refractivity contribution in [3.05, 3.63) is 60.2 Å². The van der Waals surface area contributed by atoms with E-state index in [9.17, 15) is 5.11 Å². The molecule has 1 unspecified atom stereocenters. The van der Waals surface area contributed by atoms with Crippen molar-refractivity contribution in [2.75, 3.05) is 25.1 Å². The van der Waals surface area contributed by atoms with Gasteiger partial charge in [-0.2, -0.15) is 0 Å². The first kappa shape index (κ1) is 16.3. The number of aliphatic hydroxyl groups is 2. The van der Waals surface area contributed by atoms with Crippen molar-refractivity contribution in [3.63, 3.8) is 0 Å². The van der Waals surface area contributed by atoms with Crippen molar-refractivity contribution in [2.45, 2.75) is 18.9 Å². The van der Waals surface area contributed by atoms with E-state index in [2.05, 4.69) is 17.4 Å². The minimum absolute atomic E-state index is 0.247. The molecule has 2 aromatic rings. The lowest BCUT2D eigenvalue weighted by molar-refractivity contribution is 0.105. The van der Waals surface area contributed by atoms with E-state index in [1.807, 2.05) is 42.5 Å². The summed E-state index contributed by atoms with van der Waals surface area (Å²) in [6, 6.07) is 18.0. The summed E-state index contributed by atoms with van der Waals surface area (Å²) in [6.07, 6.45) is 1.21. The first-order valence-corrected chi connectivity index (χ1v) is 7.57. The molecule has 0 aliphatic rings. The summed E-state index contributed by atoms with van der Waals surface area (Å²) in [7, 11) is 0. The Morgan fingerprint density at radius 3 is 2.64 bits per heavy atom. The van der Waals surface area contributed by atoms with Gasteiger partial charge in [0.15, 0.2) is 0 Å². The molecule has 4 nitrogen and oxygen atoms in total. The summed E-state index contributed by atoms with van der Waals surface area (Å²) in [6.45, 7) is 0.730. The van der Waals surface area contributed by atoms with Crippen molar-refractivity contribution in [2.24, 2.45) is 0 Å². The molecule has 0 saturated carbocycles. The third-order valence-corrected chi connectivity index (χ3v) is 3.31. The molecule has 0 aromatic heterocycles. The highest BCUT2D eigenvalue weighted by molar-refractivity contribution is 5.48. The van der Waals surface area contributed by atoms with Gasteiger partial charge in [0, 0.05) is 18.3 Å². The zero-order valence-corrected chi connectivity index (χ0v) is 12.6. The molecule has 0 saturated heterocycles. The van der Waals surface area contributed by atoms with E-state index in [0.717, 1.165) is 24.3 Å². The second-order valence-electron chi connectivity index (χ2n) is 5.18. The first-order valence-electron chi connectivity index (χ1n) is 7.57. The zero-order chi connectivity index (χ0) is 15.6. The Balaban J connectivity index is 1.73. The van der Waals surface area contributed by atoms with Crippen molar-refractivity contribution in [3.8, 4) is 5.75 Å². The van der Waals surface area contributed by atoms with Crippen LogP contribution in [0.5, 0.6) is 5.75 Å². The summed E-state index contributed by atoms with van der Waals surface area (Å²) in [5, 5.41) is 21.2. The maximum absolute atomic E-state index is 9.33. The molecule has 3 N–H and O–H groups in total. The number of ether oxygens (including phenoxy) is 1. The number of benzene rings is 2. The molecule has 0 amide bonds. The van der Waals surface area contributed by atoms with E-state index in [1.165, 1.54) is 5.56 Å². The zero-order valence-electron chi connectivity index (χ0n) is 12.6. The number of anilines is 1. The predicted octanol–water partition coefficient (Wildman–Crippen LogP) is 2.46. The monoisotopic (exact) mass is 301 g/mol. The molecule has 0 fully saturated rings. The van der Waals surface area contributed by atoms with E-state index in [-0.39, 0.29) is 6.61 Å². The van der Waals surface area contributed by atoms with Crippen LogP contribution in [0.3, 0.4) is 0 Å². The highest BCUT2D eigenvalue weighted by Gasteiger charge is 2.02.